The van der Waals surface area contributed by atoms with Gasteiger partial charge in [0.1, 0.15) is 0 Å². The van der Waals surface area contributed by atoms with Gasteiger partial charge >= 0.3 is 0 Å². The summed E-state index contributed by atoms with van der Waals surface area (Å²) in [5.41, 5.74) is 4.12. The van der Waals surface area contributed by atoms with Crippen molar-refractivity contribution in [1.29, 1.82) is 0 Å². The molecule has 1 amide bonds. The maximum absolute atomic E-state index is 13.3. The molecule has 168 valence electrons. The van der Waals surface area contributed by atoms with Crippen LogP contribution in [0.3, 0.4) is 0 Å². The number of rotatable bonds is 6. The lowest BCUT2D eigenvalue weighted by atomic mass is 10.0. The first kappa shape index (κ1) is 23.3. The molecule has 0 saturated heterocycles. The fourth-order valence-electron chi connectivity index (χ4n) is 3.65. The molecular formula is C26H22Cl2N2O2S. The molecule has 0 aliphatic heterocycles. The van der Waals surface area contributed by atoms with Crippen LogP contribution < -0.4 is 5.32 Å². The fourth-order valence-corrected chi connectivity index (χ4v) is 4.99. The number of aromatic nitrogens is 1. The van der Waals surface area contributed by atoms with E-state index in [-0.39, 0.29) is 17.6 Å². The minimum atomic E-state index is -0.264. The molecule has 0 saturated carbocycles. The van der Waals surface area contributed by atoms with Crippen LogP contribution in [0.2, 0.25) is 10.0 Å². The fraction of sp³-hybridized carbons (Fsp3) is 0.154. The number of aryl methyl sites for hydroxylation is 1. The zero-order valence-electron chi connectivity index (χ0n) is 18.4. The predicted molar refractivity (Wildman–Crippen MR) is 137 cm³/mol. The van der Waals surface area contributed by atoms with Gasteiger partial charge in [-0.15, -0.1) is 11.3 Å². The molecule has 4 rings (SSSR count). The summed E-state index contributed by atoms with van der Waals surface area (Å²) in [5.74, 6) is -0.570. The second kappa shape index (κ2) is 9.56. The van der Waals surface area contributed by atoms with Gasteiger partial charge in [-0.2, -0.15) is 0 Å². The minimum Gasteiger partial charge on any atom is -0.324 e. The summed E-state index contributed by atoms with van der Waals surface area (Å²) in [7, 11) is 0. The number of anilines is 1. The highest BCUT2D eigenvalue weighted by atomic mass is 35.5. The Balaban J connectivity index is 1.67. The molecule has 0 aliphatic carbocycles. The van der Waals surface area contributed by atoms with Gasteiger partial charge in [-0.1, -0.05) is 35.3 Å². The molecule has 4 nitrogen and oxygen atoms in total. The Bertz CT molecular complexity index is 1360. The molecule has 1 unspecified atom stereocenters. The maximum Gasteiger partial charge on any atom is 0.232 e. The smallest absolute Gasteiger partial charge is 0.232 e. The van der Waals surface area contributed by atoms with Crippen LogP contribution in [0.1, 0.15) is 44.9 Å². The van der Waals surface area contributed by atoms with E-state index in [0.29, 0.717) is 32.5 Å². The average Bonchev–Trinajstić information content (AvgIpc) is 3.39. The number of nitrogens with one attached hydrogen (secondary N) is 1. The zero-order valence-corrected chi connectivity index (χ0v) is 20.7. The van der Waals surface area contributed by atoms with Crippen LogP contribution in [-0.2, 0) is 4.79 Å². The van der Waals surface area contributed by atoms with Crippen molar-refractivity contribution in [2.75, 3.05) is 5.32 Å². The second-order valence-corrected chi connectivity index (χ2v) is 9.68. The molecule has 0 bridgehead atoms. The van der Waals surface area contributed by atoms with E-state index in [1.165, 1.54) is 0 Å². The number of nitrogens with zero attached hydrogens (tertiary/aromatic N) is 1. The van der Waals surface area contributed by atoms with E-state index >= 15 is 0 Å². The van der Waals surface area contributed by atoms with Gasteiger partial charge in [0, 0.05) is 32.9 Å². The van der Waals surface area contributed by atoms with Gasteiger partial charge in [0.25, 0.3) is 0 Å². The Kier molecular flexibility index (Phi) is 6.75. The summed E-state index contributed by atoms with van der Waals surface area (Å²) in [5, 5.41) is 5.89. The number of carbonyl (C=O) groups excluding carboxylic acids is 2. The summed E-state index contributed by atoms with van der Waals surface area (Å²) in [6, 6.07) is 16.0. The molecule has 2 aromatic heterocycles. The summed E-state index contributed by atoms with van der Waals surface area (Å²) in [6.45, 7) is 5.81. The quantitative estimate of drug-likeness (QED) is 0.282. The van der Waals surface area contributed by atoms with E-state index < -0.39 is 0 Å². The normalized spacial score (nSPS) is 11.9. The number of benzene rings is 2. The first-order valence-corrected chi connectivity index (χ1v) is 12.0. The van der Waals surface area contributed by atoms with Crippen molar-refractivity contribution in [3.63, 3.8) is 0 Å². The number of halogens is 2. The summed E-state index contributed by atoms with van der Waals surface area (Å²) in [6.07, 6.45) is 1.83. The molecule has 7 heteroatoms. The first-order chi connectivity index (χ1) is 15.8. The van der Waals surface area contributed by atoms with Gasteiger partial charge < -0.3 is 9.88 Å². The monoisotopic (exact) mass is 496 g/mol. The van der Waals surface area contributed by atoms with Crippen LogP contribution in [0.15, 0.2) is 66.2 Å². The van der Waals surface area contributed by atoms with E-state index in [1.54, 1.807) is 53.8 Å². The Hall–Kier alpha value is -2.86. The largest absolute Gasteiger partial charge is 0.324 e. The van der Waals surface area contributed by atoms with Crippen molar-refractivity contribution in [2.24, 2.45) is 0 Å². The lowest BCUT2D eigenvalue weighted by molar-refractivity contribution is -0.117. The van der Waals surface area contributed by atoms with Crippen molar-refractivity contribution < 1.29 is 9.59 Å². The van der Waals surface area contributed by atoms with Crippen molar-refractivity contribution in [1.82, 2.24) is 4.57 Å². The zero-order chi connectivity index (χ0) is 23.7. The molecule has 0 radical (unpaired) electrons. The average molecular weight is 497 g/mol. The topological polar surface area (TPSA) is 51.1 Å². The highest BCUT2D eigenvalue weighted by Gasteiger charge is 2.21. The van der Waals surface area contributed by atoms with Crippen LogP contribution in [0.5, 0.6) is 0 Å². The maximum atomic E-state index is 13.3. The molecule has 2 heterocycles. The summed E-state index contributed by atoms with van der Waals surface area (Å²) in [4.78, 5) is 27.2. The number of hydrogen-bond donors (Lipinski definition) is 1. The van der Waals surface area contributed by atoms with Crippen molar-refractivity contribution in [2.45, 2.75) is 26.7 Å². The van der Waals surface area contributed by atoms with Crippen LogP contribution in [0, 0.1) is 13.8 Å². The lowest BCUT2D eigenvalue weighted by Gasteiger charge is -2.15. The number of ketones is 1. The molecule has 0 spiro atoms. The SMILES string of the molecule is Cc1csc(C(C)C(=O)Nc2ccn(-c3ccc(Cl)cc3C(=O)c3ccccc3Cl)c2C)c1. The Morgan fingerprint density at radius 1 is 1.00 bits per heavy atom. The Morgan fingerprint density at radius 3 is 2.45 bits per heavy atom. The van der Waals surface area contributed by atoms with Gasteiger partial charge in [-0.05, 0) is 74.2 Å². The molecule has 1 atom stereocenters. The number of thiophene rings is 1. The van der Waals surface area contributed by atoms with E-state index in [0.717, 1.165) is 16.1 Å². The third kappa shape index (κ3) is 4.76. The molecule has 33 heavy (non-hydrogen) atoms. The van der Waals surface area contributed by atoms with Gasteiger partial charge in [0.2, 0.25) is 5.91 Å². The van der Waals surface area contributed by atoms with Crippen LogP contribution >= 0.6 is 34.5 Å². The number of hydrogen-bond acceptors (Lipinski definition) is 3. The standard InChI is InChI=1S/C26H22Cl2N2O2S/c1-15-12-24(33-14-15)16(2)26(32)29-22-10-11-30(17(22)3)23-9-8-18(27)13-20(23)25(31)19-6-4-5-7-21(19)28/h4-14,16H,1-3H3,(H,29,32). The van der Waals surface area contributed by atoms with Gasteiger partial charge in [0.05, 0.1) is 22.3 Å². The molecule has 0 aliphatic rings. The highest BCUT2D eigenvalue weighted by molar-refractivity contribution is 7.10. The molecular weight excluding hydrogens is 475 g/mol. The highest BCUT2D eigenvalue weighted by Crippen LogP contribution is 2.30. The van der Waals surface area contributed by atoms with Crippen LogP contribution in [0.4, 0.5) is 5.69 Å². The first-order valence-electron chi connectivity index (χ1n) is 10.4. The molecule has 4 aromatic rings. The van der Waals surface area contributed by atoms with Gasteiger partial charge in [0.15, 0.2) is 5.78 Å². The van der Waals surface area contributed by atoms with Crippen molar-refractivity contribution >= 4 is 51.9 Å². The summed E-state index contributed by atoms with van der Waals surface area (Å²) >= 11 is 14.1. The van der Waals surface area contributed by atoms with E-state index in [4.69, 9.17) is 23.2 Å². The third-order valence-corrected chi connectivity index (χ3v) is 7.35. The molecule has 2 aromatic carbocycles. The lowest BCUT2D eigenvalue weighted by Crippen LogP contribution is -2.18. The summed E-state index contributed by atoms with van der Waals surface area (Å²) < 4.78 is 1.87. The van der Waals surface area contributed by atoms with Crippen molar-refractivity contribution in [3.05, 3.63) is 103 Å². The van der Waals surface area contributed by atoms with Gasteiger partial charge in [-0.25, -0.2) is 0 Å². The Labute approximate surface area is 206 Å². The molecule has 1 N–H and O–H groups in total. The van der Waals surface area contributed by atoms with E-state index in [9.17, 15) is 9.59 Å². The van der Waals surface area contributed by atoms with E-state index in [1.807, 2.05) is 49.0 Å². The third-order valence-electron chi connectivity index (χ3n) is 5.55. The predicted octanol–water partition coefficient (Wildman–Crippen LogP) is 7.44. The minimum absolute atomic E-state index is 0.0822. The van der Waals surface area contributed by atoms with Crippen LogP contribution in [-0.4, -0.2) is 16.3 Å². The Morgan fingerprint density at radius 2 is 1.76 bits per heavy atom. The van der Waals surface area contributed by atoms with E-state index in [2.05, 4.69) is 5.32 Å². The van der Waals surface area contributed by atoms with Crippen LogP contribution in [0.25, 0.3) is 5.69 Å². The molecule has 0 fully saturated rings. The number of carbonyl (C=O) groups is 2. The van der Waals surface area contributed by atoms with Gasteiger partial charge in [-0.3, -0.25) is 9.59 Å². The second-order valence-electron chi connectivity index (χ2n) is 7.89. The van der Waals surface area contributed by atoms with Crippen molar-refractivity contribution in [3.8, 4) is 5.69 Å². The number of amides is 1.